The molecule has 2 aromatic heterocycles. The molecule has 3 N–H and O–H groups in total. The Labute approximate surface area is 236 Å². The molecule has 3 aromatic carbocycles. The van der Waals surface area contributed by atoms with E-state index in [9.17, 15) is 26.0 Å². The van der Waals surface area contributed by atoms with Gasteiger partial charge in [-0.2, -0.15) is 13.2 Å². The summed E-state index contributed by atoms with van der Waals surface area (Å²) in [4.78, 5) is 19.1. The lowest BCUT2D eigenvalue weighted by Crippen LogP contribution is -2.21. The van der Waals surface area contributed by atoms with Crippen LogP contribution in [0.25, 0.3) is 32.2 Å². The number of imidazole rings is 1. The van der Waals surface area contributed by atoms with Crippen LogP contribution in [0.4, 0.5) is 17.6 Å². The molecular formula is C28H23F4N3O4S2. The highest BCUT2D eigenvalue weighted by molar-refractivity contribution is 7.90. The maximum atomic E-state index is 13.5. The molecule has 0 unspecified atom stereocenters. The molecule has 7 nitrogen and oxygen atoms in total. The van der Waals surface area contributed by atoms with Crippen molar-refractivity contribution in [3.05, 3.63) is 95.8 Å². The van der Waals surface area contributed by atoms with Gasteiger partial charge in [-0.1, -0.05) is 36.4 Å². The minimum atomic E-state index is -5.08. The molecule has 5 rings (SSSR count). The SMILES string of the molecule is CS(=O)(=O)c1ccc(CNCc2ccc(-c3ccc(-c4nc5ccc(F)cc5[nH]4)s3)cc2)cc1.O=C(O)C(F)(F)F. The number of fused-ring (bicyclic) bond motifs is 1. The summed E-state index contributed by atoms with van der Waals surface area (Å²) in [5, 5.41) is 10.5. The average Bonchev–Trinajstić information content (AvgIpc) is 3.56. The van der Waals surface area contributed by atoms with Crippen molar-refractivity contribution in [1.29, 1.82) is 0 Å². The first-order chi connectivity index (χ1) is 19.3. The van der Waals surface area contributed by atoms with Crippen LogP contribution >= 0.6 is 11.3 Å². The van der Waals surface area contributed by atoms with Crippen LogP contribution in [-0.2, 0) is 27.7 Å². The maximum absolute atomic E-state index is 13.5. The predicted octanol–water partition coefficient (Wildman–Crippen LogP) is 6.42. The number of hydrogen-bond acceptors (Lipinski definition) is 6. The number of benzene rings is 3. The van der Waals surface area contributed by atoms with Gasteiger partial charge in [-0.15, -0.1) is 11.3 Å². The molecule has 214 valence electrons. The van der Waals surface area contributed by atoms with Crippen molar-refractivity contribution in [3.8, 4) is 21.1 Å². The molecule has 0 saturated carbocycles. The fourth-order valence-electron chi connectivity index (χ4n) is 3.71. The number of thiophene rings is 1. The third-order valence-corrected chi connectivity index (χ3v) is 8.04. The summed E-state index contributed by atoms with van der Waals surface area (Å²) in [6.45, 7) is 1.36. The van der Waals surface area contributed by atoms with Crippen molar-refractivity contribution in [2.75, 3.05) is 6.26 Å². The zero-order valence-corrected chi connectivity index (χ0v) is 23.0. The molecule has 0 spiro atoms. The van der Waals surface area contributed by atoms with Gasteiger partial charge in [0.2, 0.25) is 0 Å². The lowest BCUT2D eigenvalue weighted by atomic mass is 10.1. The summed E-state index contributed by atoms with van der Waals surface area (Å²) in [7, 11) is -3.17. The van der Waals surface area contributed by atoms with Gasteiger partial charge in [0.05, 0.1) is 20.8 Å². The normalized spacial score (nSPS) is 11.7. The van der Waals surface area contributed by atoms with Gasteiger partial charge in [-0.3, -0.25) is 0 Å². The van der Waals surface area contributed by atoms with Gasteiger partial charge >= 0.3 is 12.1 Å². The van der Waals surface area contributed by atoms with Crippen LogP contribution in [0.1, 0.15) is 11.1 Å². The van der Waals surface area contributed by atoms with Crippen LogP contribution in [0.5, 0.6) is 0 Å². The zero-order chi connectivity index (χ0) is 29.8. The summed E-state index contributed by atoms with van der Waals surface area (Å²) in [5.74, 6) is -2.30. The molecule has 0 fully saturated rings. The third-order valence-electron chi connectivity index (χ3n) is 5.77. The Morgan fingerprint density at radius 3 is 2.05 bits per heavy atom. The first-order valence-electron chi connectivity index (χ1n) is 11.9. The fourth-order valence-corrected chi connectivity index (χ4v) is 5.30. The number of H-pyrrole nitrogens is 1. The lowest BCUT2D eigenvalue weighted by molar-refractivity contribution is -0.192. The smallest absolute Gasteiger partial charge is 0.475 e. The van der Waals surface area contributed by atoms with Gasteiger partial charge in [0.15, 0.2) is 9.84 Å². The van der Waals surface area contributed by atoms with Crippen molar-refractivity contribution >= 4 is 38.2 Å². The van der Waals surface area contributed by atoms with Gasteiger partial charge in [0.1, 0.15) is 11.6 Å². The van der Waals surface area contributed by atoms with Crippen molar-refractivity contribution in [1.82, 2.24) is 15.3 Å². The second-order valence-corrected chi connectivity index (χ2v) is 12.0. The highest BCUT2D eigenvalue weighted by atomic mass is 32.2. The lowest BCUT2D eigenvalue weighted by Gasteiger charge is -2.07. The quantitative estimate of drug-likeness (QED) is 0.185. The number of nitrogens with one attached hydrogen (secondary N) is 2. The fraction of sp³-hybridized carbons (Fsp3) is 0.143. The van der Waals surface area contributed by atoms with E-state index in [1.54, 1.807) is 29.5 Å². The standard InChI is InChI=1S/C26H22FN3O2S2.C2HF3O2/c1-34(31,32)21-9-4-18(5-10-21)16-28-15-17-2-6-19(7-3-17)24-12-13-25(33-24)26-29-22-11-8-20(27)14-23(22)30-26;3-2(4,5)1(6)7/h2-14,28H,15-16H2,1H3,(H,29,30);(H,6,7). The van der Waals surface area contributed by atoms with E-state index in [1.807, 2.05) is 18.2 Å². The summed E-state index contributed by atoms with van der Waals surface area (Å²) in [6, 6.07) is 24.0. The summed E-state index contributed by atoms with van der Waals surface area (Å²) in [5.41, 5.74) is 4.75. The van der Waals surface area contributed by atoms with Crippen molar-refractivity contribution < 1.29 is 35.9 Å². The molecule has 13 heteroatoms. The Bertz CT molecular complexity index is 1760. The van der Waals surface area contributed by atoms with Gasteiger partial charge in [-0.25, -0.2) is 22.6 Å². The number of alkyl halides is 3. The second-order valence-electron chi connectivity index (χ2n) is 8.93. The number of hydrogen-bond donors (Lipinski definition) is 3. The van der Waals surface area contributed by atoms with E-state index in [2.05, 4.69) is 45.6 Å². The van der Waals surface area contributed by atoms with Crippen LogP contribution in [0.2, 0.25) is 0 Å². The Morgan fingerprint density at radius 2 is 1.49 bits per heavy atom. The van der Waals surface area contributed by atoms with Gasteiger partial charge < -0.3 is 15.4 Å². The van der Waals surface area contributed by atoms with Crippen LogP contribution in [0, 0.1) is 5.82 Å². The largest absolute Gasteiger partial charge is 0.490 e. The molecule has 5 aromatic rings. The van der Waals surface area contributed by atoms with E-state index in [-0.39, 0.29) is 5.82 Å². The maximum Gasteiger partial charge on any atom is 0.490 e. The van der Waals surface area contributed by atoms with Gasteiger partial charge in [0.25, 0.3) is 0 Å². The van der Waals surface area contributed by atoms with E-state index in [4.69, 9.17) is 9.90 Å². The summed E-state index contributed by atoms with van der Waals surface area (Å²) in [6.07, 6.45) is -3.87. The summed E-state index contributed by atoms with van der Waals surface area (Å²) < 4.78 is 68.3. The Morgan fingerprint density at radius 1 is 0.927 bits per heavy atom. The molecule has 0 saturated heterocycles. The van der Waals surface area contributed by atoms with Crippen LogP contribution in [-0.4, -0.2) is 41.9 Å². The number of rotatable bonds is 7. The topological polar surface area (TPSA) is 112 Å². The molecule has 0 atom stereocenters. The van der Waals surface area contributed by atoms with Gasteiger partial charge in [0, 0.05) is 24.2 Å². The molecule has 0 radical (unpaired) electrons. The molecule has 0 aliphatic rings. The molecule has 0 aliphatic carbocycles. The predicted molar refractivity (Wildman–Crippen MR) is 149 cm³/mol. The highest BCUT2D eigenvalue weighted by Gasteiger charge is 2.38. The Balaban J connectivity index is 0.000000493. The van der Waals surface area contributed by atoms with Crippen molar-refractivity contribution in [3.63, 3.8) is 0 Å². The molecule has 0 amide bonds. The number of carboxylic acids is 1. The molecule has 41 heavy (non-hydrogen) atoms. The molecular weight excluding hydrogens is 582 g/mol. The number of nitrogens with zero attached hydrogens (tertiary/aromatic N) is 1. The number of aliphatic carboxylic acids is 1. The van der Waals surface area contributed by atoms with Crippen LogP contribution < -0.4 is 5.32 Å². The number of carboxylic acid groups (broad SMARTS) is 1. The monoisotopic (exact) mass is 605 g/mol. The van der Waals surface area contributed by atoms with E-state index in [0.717, 1.165) is 37.8 Å². The first-order valence-corrected chi connectivity index (χ1v) is 14.6. The minimum Gasteiger partial charge on any atom is -0.475 e. The van der Waals surface area contributed by atoms with Crippen LogP contribution in [0.3, 0.4) is 0 Å². The molecule has 2 heterocycles. The number of sulfone groups is 1. The van der Waals surface area contributed by atoms with Gasteiger partial charge in [-0.05, 0) is 59.2 Å². The van der Waals surface area contributed by atoms with E-state index < -0.39 is 22.0 Å². The van der Waals surface area contributed by atoms with Crippen LogP contribution in [0.15, 0.2) is 83.8 Å². The van der Waals surface area contributed by atoms with E-state index in [0.29, 0.717) is 23.5 Å². The van der Waals surface area contributed by atoms with E-state index in [1.165, 1.54) is 18.4 Å². The molecule has 0 aliphatic heterocycles. The number of halogens is 4. The van der Waals surface area contributed by atoms with E-state index >= 15 is 0 Å². The number of carbonyl (C=O) groups is 1. The zero-order valence-electron chi connectivity index (χ0n) is 21.4. The summed E-state index contributed by atoms with van der Waals surface area (Å²) >= 11 is 1.64. The average molecular weight is 606 g/mol. The third kappa shape index (κ3) is 7.99. The highest BCUT2D eigenvalue weighted by Crippen LogP contribution is 2.34. The molecule has 0 bridgehead atoms. The van der Waals surface area contributed by atoms with Crippen molar-refractivity contribution in [2.24, 2.45) is 0 Å². The minimum absolute atomic E-state index is 0.283. The number of aromatic nitrogens is 2. The number of aromatic amines is 1. The second kappa shape index (κ2) is 12.2. The van der Waals surface area contributed by atoms with Crippen molar-refractivity contribution in [2.45, 2.75) is 24.2 Å². The Kier molecular flexibility index (Phi) is 8.90. The first kappa shape index (κ1) is 29.9. The Hall–Kier alpha value is -4.07.